The van der Waals surface area contributed by atoms with E-state index in [4.69, 9.17) is 21.1 Å². The van der Waals surface area contributed by atoms with Gasteiger partial charge < -0.3 is 9.47 Å². The molecule has 0 aromatic heterocycles. The van der Waals surface area contributed by atoms with Gasteiger partial charge in [0.2, 0.25) is 0 Å². The maximum atomic E-state index is 6.00. The Labute approximate surface area is 96.3 Å². The van der Waals surface area contributed by atoms with Crippen LogP contribution in [0.15, 0.2) is 22.7 Å². The van der Waals surface area contributed by atoms with Gasteiger partial charge in [-0.15, -0.1) is 0 Å². The maximum absolute atomic E-state index is 6.00. The van der Waals surface area contributed by atoms with Gasteiger partial charge in [-0.3, -0.25) is 0 Å². The van der Waals surface area contributed by atoms with Crippen LogP contribution in [0.5, 0.6) is 0 Å². The van der Waals surface area contributed by atoms with Crippen molar-refractivity contribution in [1.82, 2.24) is 0 Å². The van der Waals surface area contributed by atoms with Gasteiger partial charge in [0.15, 0.2) is 5.79 Å². The molecule has 0 amide bonds. The molecule has 1 saturated heterocycles. The fourth-order valence-electron chi connectivity index (χ4n) is 1.46. The van der Waals surface area contributed by atoms with E-state index in [1.165, 1.54) is 0 Å². The van der Waals surface area contributed by atoms with Crippen LogP contribution in [-0.2, 0) is 15.3 Å². The Morgan fingerprint density at radius 2 is 2.00 bits per heavy atom. The van der Waals surface area contributed by atoms with Gasteiger partial charge in [0.05, 0.1) is 18.2 Å². The molecule has 4 heteroatoms. The van der Waals surface area contributed by atoms with E-state index in [1.807, 2.05) is 25.1 Å². The first-order valence-electron chi connectivity index (χ1n) is 4.35. The average Bonchev–Trinajstić information content (AvgIpc) is 2.58. The highest BCUT2D eigenvalue weighted by atomic mass is 79.9. The van der Waals surface area contributed by atoms with Gasteiger partial charge in [-0.05, 0) is 35.0 Å². The average molecular weight is 278 g/mol. The highest BCUT2D eigenvalue weighted by molar-refractivity contribution is 9.10. The molecule has 76 valence electrons. The first-order chi connectivity index (χ1) is 6.62. The molecule has 1 aliphatic heterocycles. The van der Waals surface area contributed by atoms with E-state index in [2.05, 4.69) is 15.9 Å². The number of ether oxygens (including phenoxy) is 2. The van der Waals surface area contributed by atoms with Crippen LogP contribution in [0.3, 0.4) is 0 Å². The summed E-state index contributed by atoms with van der Waals surface area (Å²) in [5, 5.41) is 0.669. The Balaban J connectivity index is 2.36. The van der Waals surface area contributed by atoms with Gasteiger partial charge in [0.25, 0.3) is 0 Å². The molecule has 1 heterocycles. The van der Waals surface area contributed by atoms with Crippen molar-refractivity contribution in [3.8, 4) is 0 Å². The molecule has 0 aliphatic carbocycles. The second kappa shape index (κ2) is 3.81. The van der Waals surface area contributed by atoms with Crippen molar-refractivity contribution in [2.24, 2.45) is 0 Å². The molecule has 0 saturated carbocycles. The molecule has 0 unspecified atom stereocenters. The molecular formula is C10H10BrClO2. The normalized spacial score (nSPS) is 19.9. The highest BCUT2D eigenvalue weighted by Crippen LogP contribution is 2.34. The van der Waals surface area contributed by atoms with Crippen LogP contribution in [-0.4, -0.2) is 13.2 Å². The van der Waals surface area contributed by atoms with Crippen molar-refractivity contribution in [2.45, 2.75) is 12.7 Å². The molecule has 2 rings (SSSR count). The van der Waals surface area contributed by atoms with Crippen LogP contribution in [0.4, 0.5) is 0 Å². The molecular weight excluding hydrogens is 267 g/mol. The van der Waals surface area contributed by atoms with Crippen LogP contribution in [0.2, 0.25) is 5.02 Å². The predicted molar refractivity (Wildman–Crippen MR) is 58.4 cm³/mol. The van der Waals surface area contributed by atoms with E-state index in [1.54, 1.807) is 0 Å². The first kappa shape index (κ1) is 10.4. The summed E-state index contributed by atoms with van der Waals surface area (Å²) >= 11 is 9.34. The third-order valence-corrected chi connectivity index (χ3v) is 3.51. The van der Waals surface area contributed by atoms with E-state index in [-0.39, 0.29) is 0 Å². The minimum Gasteiger partial charge on any atom is -0.344 e. The molecule has 0 bridgehead atoms. The summed E-state index contributed by atoms with van der Waals surface area (Å²) in [6.45, 7) is 3.16. The van der Waals surface area contributed by atoms with Crippen molar-refractivity contribution in [3.05, 3.63) is 33.3 Å². The minimum absolute atomic E-state index is 0.629. The summed E-state index contributed by atoms with van der Waals surface area (Å²) in [5.41, 5.74) is 0.947. The van der Waals surface area contributed by atoms with Crippen molar-refractivity contribution >= 4 is 27.5 Å². The van der Waals surface area contributed by atoms with E-state index in [9.17, 15) is 0 Å². The van der Waals surface area contributed by atoms with Gasteiger partial charge in [0, 0.05) is 10.0 Å². The van der Waals surface area contributed by atoms with Gasteiger partial charge in [-0.1, -0.05) is 17.7 Å². The SMILES string of the molecule is CC1(c2ccc(Br)c(Cl)c2)OCCO1. The van der Waals surface area contributed by atoms with E-state index >= 15 is 0 Å². The first-order valence-corrected chi connectivity index (χ1v) is 5.52. The second-order valence-electron chi connectivity index (χ2n) is 3.27. The molecule has 14 heavy (non-hydrogen) atoms. The van der Waals surface area contributed by atoms with Gasteiger partial charge in [0.1, 0.15) is 0 Å². The highest BCUT2D eigenvalue weighted by Gasteiger charge is 2.33. The van der Waals surface area contributed by atoms with E-state index < -0.39 is 5.79 Å². The zero-order chi connectivity index (χ0) is 10.2. The third kappa shape index (κ3) is 1.82. The quantitative estimate of drug-likeness (QED) is 0.784. The number of halogens is 2. The summed E-state index contributed by atoms with van der Waals surface area (Å²) in [4.78, 5) is 0. The summed E-state index contributed by atoms with van der Waals surface area (Å²) < 4.78 is 11.9. The molecule has 0 radical (unpaired) electrons. The number of hydrogen-bond acceptors (Lipinski definition) is 2. The van der Waals surface area contributed by atoms with Gasteiger partial charge >= 0.3 is 0 Å². The lowest BCUT2D eigenvalue weighted by Crippen LogP contribution is -2.22. The fourth-order valence-corrected chi connectivity index (χ4v) is 1.89. The maximum Gasteiger partial charge on any atom is 0.192 e. The summed E-state index contributed by atoms with van der Waals surface area (Å²) in [6.07, 6.45) is 0. The van der Waals surface area contributed by atoms with Crippen LogP contribution in [0, 0.1) is 0 Å². The zero-order valence-electron chi connectivity index (χ0n) is 7.72. The van der Waals surface area contributed by atoms with Crippen LogP contribution in [0.25, 0.3) is 0 Å². The molecule has 1 aliphatic rings. The molecule has 0 spiro atoms. The van der Waals surface area contributed by atoms with Crippen molar-refractivity contribution in [3.63, 3.8) is 0 Å². The fraction of sp³-hybridized carbons (Fsp3) is 0.400. The van der Waals surface area contributed by atoms with Crippen molar-refractivity contribution in [1.29, 1.82) is 0 Å². The lowest BCUT2D eigenvalue weighted by Gasteiger charge is -2.22. The van der Waals surface area contributed by atoms with Gasteiger partial charge in [-0.25, -0.2) is 0 Å². The Kier molecular flexibility index (Phi) is 2.84. The van der Waals surface area contributed by atoms with Gasteiger partial charge in [-0.2, -0.15) is 0 Å². The van der Waals surface area contributed by atoms with Crippen LogP contribution < -0.4 is 0 Å². The molecule has 0 atom stereocenters. The van der Waals surface area contributed by atoms with E-state index in [0.717, 1.165) is 10.0 Å². The lowest BCUT2D eigenvalue weighted by molar-refractivity contribution is -0.149. The topological polar surface area (TPSA) is 18.5 Å². The molecule has 1 fully saturated rings. The van der Waals surface area contributed by atoms with Crippen molar-refractivity contribution < 1.29 is 9.47 Å². The molecule has 2 nitrogen and oxygen atoms in total. The summed E-state index contributed by atoms with van der Waals surface area (Å²) in [7, 11) is 0. The Morgan fingerprint density at radius 3 is 2.57 bits per heavy atom. The smallest absolute Gasteiger partial charge is 0.192 e. The van der Waals surface area contributed by atoms with Crippen LogP contribution >= 0.6 is 27.5 Å². The number of hydrogen-bond donors (Lipinski definition) is 0. The number of rotatable bonds is 1. The zero-order valence-corrected chi connectivity index (χ0v) is 10.1. The summed E-state index contributed by atoms with van der Waals surface area (Å²) in [5.74, 6) is -0.635. The Hall–Kier alpha value is -0.0900. The molecule has 1 aromatic carbocycles. The second-order valence-corrected chi connectivity index (χ2v) is 4.53. The Bertz CT molecular complexity index is 348. The standard InChI is InChI=1S/C10H10BrClO2/c1-10(13-4-5-14-10)7-2-3-8(11)9(12)6-7/h2-3,6H,4-5H2,1H3. The number of benzene rings is 1. The molecule has 0 N–H and O–H groups in total. The monoisotopic (exact) mass is 276 g/mol. The largest absolute Gasteiger partial charge is 0.344 e. The predicted octanol–water partition coefficient (Wildman–Crippen LogP) is 3.32. The lowest BCUT2D eigenvalue weighted by atomic mass is 10.1. The third-order valence-electron chi connectivity index (χ3n) is 2.28. The van der Waals surface area contributed by atoms with Crippen molar-refractivity contribution in [2.75, 3.05) is 13.2 Å². The molecule has 1 aromatic rings. The summed E-state index contributed by atoms with van der Waals surface area (Å²) in [6, 6.07) is 5.70. The van der Waals surface area contributed by atoms with E-state index in [0.29, 0.717) is 18.2 Å². The van der Waals surface area contributed by atoms with Crippen LogP contribution in [0.1, 0.15) is 12.5 Å². The Morgan fingerprint density at radius 1 is 1.36 bits per heavy atom. The minimum atomic E-state index is -0.635.